The molecule has 1 saturated heterocycles. The zero-order chi connectivity index (χ0) is 19.5. The number of fused-ring (bicyclic) bond motifs is 1. The number of aromatic nitrogens is 1. The monoisotopic (exact) mass is 401 g/mol. The Morgan fingerprint density at radius 2 is 2.07 bits per heavy atom. The van der Waals surface area contributed by atoms with E-state index in [1.54, 1.807) is 18.5 Å². The van der Waals surface area contributed by atoms with Crippen LogP contribution in [0.4, 0.5) is 0 Å². The summed E-state index contributed by atoms with van der Waals surface area (Å²) in [5.74, 6) is 6.47. The van der Waals surface area contributed by atoms with Gasteiger partial charge >= 0.3 is 0 Å². The van der Waals surface area contributed by atoms with Crippen molar-refractivity contribution in [1.29, 1.82) is 5.26 Å². The highest BCUT2D eigenvalue weighted by Gasteiger charge is 2.22. The van der Waals surface area contributed by atoms with Crippen LogP contribution in [0.5, 0.6) is 0 Å². The molecular weight excluding hydrogens is 390 g/mol. The van der Waals surface area contributed by atoms with Gasteiger partial charge in [0, 0.05) is 29.4 Å². The van der Waals surface area contributed by atoms with E-state index in [1.807, 2.05) is 30.3 Å². The Bertz CT molecular complexity index is 1240. The molecule has 5 nitrogen and oxygen atoms in total. The maximum Gasteiger partial charge on any atom is 0.263 e. The van der Waals surface area contributed by atoms with Crippen molar-refractivity contribution in [2.75, 3.05) is 0 Å². The average molecular weight is 401 g/mol. The van der Waals surface area contributed by atoms with Gasteiger partial charge < -0.3 is 9.73 Å². The van der Waals surface area contributed by atoms with Gasteiger partial charge in [-0.1, -0.05) is 48.0 Å². The van der Waals surface area contributed by atoms with Crippen LogP contribution in [0.25, 0.3) is 17.0 Å². The maximum atomic E-state index is 11.8. The first-order chi connectivity index (χ1) is 13.6. The Balaban J connectivity index is 1.65. The van der Waals surface area contributed by atoms with Crippen LogP contribution in [0.1, 0.15) is 22.5 Å². The van der Waals surface area contributed by atoms with Gasteiger partial charge in [-0.3, -0.25) is 9.78 Å². The molecule has 3 heterocycles. The fourth-order valence-electron chi connectivity index (χ4n) is 2.63. The summed E-state index contributed by atoms with van der Waals surface area (Å²) in [5.41, 5.74) is 3.05. The smallest absolute Gasteiger partial charge is 0.263 e. The molecule has 0 unspecified atom stereocenters. The van der Waals surface area contributed by atoms with Gasteiger partial charge in [-0.15, -0.1) is 0 Å². The molecule has 1 amide bonds. The molecule has 3 aromatic rings. The second kappa shape index (κ2) is 7.69. The third kappa shape index (κ3) is 3.81. The third-order valence-electron chi connectivity index (χ3n) is 3.94. The van der Waals surface area contributed by atoms with Crippen LogP contribution in [0.3, 0.4) is 0 Å². The van der Waals surface area contributed by atoms with E-state index in [2.05, 4.69) is 28.2 Å². The number of benzene rings is 1. The predicted octanol–water partition coefficient (Wildman–Crippen LogP) is 3.78. The molecule has 1 aromatic carbocycles. The molecule has 2 aromatic heterocycles. The molecule has 0 radical (unpaired) electrons. The summed E-state index contributed by atoms with van der Waals surface area (Å²) >= 11 is 6.20. The fourth-order valence-corrected chi connectivity index (χ4v) is 3.65. The summed E-state index contributed by atoms with van der Waals surface area (Å²) < 4.78 is 6.32. The van der Waals surface area contributed by atoms with E-state index < -0.39 is 0 Å². The number of pyridine rings is 1. The zero-order valence-corrected chi connectivity index (χ0v) is 16.0. The fraction of sp³-hybridized carbons (Fsp3) is 0.0476. The van der Waals surface area contributed by atoms with Crippen molar-refractivity contribution >= 4 is 51.3 Å². The number of nitriles is 1. The number of rotatable bonds is 2. The van der Waals surface area contributed by atoms with Crippen LogP contribution in [0.2, 0.25) is 0 Å². The largest absolute Gasteiger partial charge is 0.455 e. The summed E-state index contributed by atoms with van der Waals surface area (Å²) in [6.07, 6.45) is 5.37. The molecule has 1 fully saturated rings. The van der Waals surface area contributed by atoms with Gasteiger partial charge in [0.15, 0.2) is 5.58 Å². The van der Waals surface area contributed by atoms with E-state index >= 15 is 0 Å². The van der Waals surface area contributed by atoms with Crippen molar-refractivity contribution in [1.82, 2.24) is 10.3 Å². The number of furan rings is 1. The molecule has 0 bridgehead atoms. The summed E-state index contributed by atoms with van der Waals surface area (Å²) in [7, 11) is 0. The number of carbonyl (C=O) groups is 1. The van der Waals surface area contributed by atoms with E-state index in [0.717, 1.165) is 16.5 Å². The maximum absolute atomic E-state index is 11.8. The van der Waals surface area contributed by atoms with Gasteiger partial charge in [0.1, 0.15) is 10.1 Å². The predicted molar refractivity (Wildman–Crippen MR) is 112 cm³/mol. The Morgan fingerprint density at radius 1 is 1.25 bits per heavy atom. The average Bonchev–Trinajstić information content (AvgIpc) is 3.24. The molecule has 4 rings (SSSR count). The van der Waals surface area contributed by atoms with E-state index in [0.29, 0.717) is 32.6 Å². The van der Waals surface area contributed by atoms with E-state index in [1.165, 1.54) is 11.8 Å². The molecule has 0 atom stereocenters. The molecular formula is C21H11N3O2S2. The summed E-state index contributed by atoms with van der Waals surface area (Å²) in [4.78, 5) is 16.5. The first-order valence-electron chi connectivity index (χ1n) is 8.23. The van der Waals surface area contributed by atoms with Gasteiger partial charge in [0.05, 0.1) is 23.0 Å². The van der Waals surface area contributed by atoms with Crippen molar-refractivity contribution in [2.24, 2.45) is 0 Å². The van der Waals surface area contributed by atoms with Gasteiger partial charge in [0.2, 0.25) is 0 Å². The zero-order valence-electron chi connectivity index (χ0n) is 14.4. The van der Waals surface area contributed by atoms with Crippen molar-refractivity contribution in [3.63, 3.8) is 0 Å². The molecule has 1 aliphatic rings. The summed E-state index contributed by atoms with van der Waals surface area (Å²) in [6, 6.07) is 11.5. The normalized spacial score (nSPS) is 14.6. The van der Waals surface area contributed by atoms with Crippen LogP contribution in [-0.4, -0.2) is 15.2 Å². The summed E-state index contributed by atoms with van der Waals surface area (Å²) in [5, 5.41) is 12.1. The van der Waals surface area contributed by atoms with Crippen LogP contribution in [0.15, 0.2) is 52.0 Å². The Labute approximate surface area is 170 Å². The van der Waals surface area contributed by atoms with Gasteiger partial charge in [-0.25, -0.2) is 0 Å². The number of thioether (sulfide) groups is 1. The van der Waals surface area contributed by atoms with Crippen LogP contribution < -0.4 is 5.32 Å². The number of hydrogen-bond donors (Lipinski definition) is 1. The summed E-state index contributed by atoms with van der Waals surface area (Å²) in [6.45, 7) is 0. The SMILES string of the molecule is N#CCc1ccc(C#Cc2cncc3cc(/C=C4\SC(=S)NC4=O)oc23)cc1. The Hall–Kier alpha value is -3.39. The number of amides is 1. The third-order valence-corrected chi connectivity index (χ3v) is 5.10. The Kier molecular flexibility index (Phi) is 4.94. The minimum absolute atomic E-state index is 0.228. The minimum Gasteiger partial charge on any atom is -0.455 e. The minimum atomic E-state index is -0.228. The highest BCUT2D eigenvalue weighted by atomic mass is 32.2. The lowest BCUT2D eigenvalue weighted by atomic mass is 10.1. The lowest BCUT2D eigenvalue weighted by molar-refractivity contribution is -0.115. The van der Waals surface area contributed by atoms with E-state index in [-0.39, 0.29) is 5.91 Å². The molecule has 0 spiro atoms. The molecule has 0 saturated carbocycles. The molecule has 1 aliphatic heterocycles. The topological polar surface area (TPSA) is 78.9 Å². The number of thiocarbonyl (C=S) groups is 1. The van der Waals surface area contributed by atoms with Crippen molar-refractivity contribution in [2.45, 2.75) is 6.42 Å². The standard InChI is InChI=1S/C21H11N3O2S2/c22-8-7-14-3-1-13(2-4-14)5-6-15-11-23-12-16-9-17(26-19(15)16)10-18-20(25)24-21(27)28-18/h1-4,9-12H,7H2,(H,24,25,27)/b18-10-. The second-order valence-electron chi connectivity index (χ2n) is 5.89. The van der Waals surface area contributed by atoms with Crippen LogP contribution in [0, 0.1) is 23.2 Å². The van der Waals surface area contributed by atoms with Gasteiger partial charge in [-0.05, 0) is 23.8 Å². The Morgan fingerprint density at radius 3 is 2.79 bits per heavy atom. The molecule has 1 N–H and O–H groups in total. The number of hydrogen-bond acceptors (Lipinski definition) is 6. The van der Waals surface area contributed by atoms with Gasteiger partial charge in [0.25, 0.3) is 5.91 Å². The van der Waals surface area contributed by atoms with Crippen LogP contribution in [-0.2, 0) is 11.2 Å². The number of nitrogens with zero attached hydrogens (tertiary/aromatic N) is 2. The quantitative estimate of drug-likeness (QED) is 0.400. The lowest BCUT2D eigenvalue weighted by Gasteiger charge is -1.95. The molecule has 28 heavy (non-hydrogen) atoms. The van der Waals surface area contributed by atoms with Crippen molar-refractivity contribution in [3.05, 3.63) is 70.1 Å². The van der Waals surface area contributed by atoms with E-state index in [4.69, 9.17) is 21.9 Å². The molecule has 134 valence electrons. The van der Waals surface area contributed by atoms with Gasteiger partial charge in [-0.2, -0.15) is 5.26 Å². The lowest BCUT2D eigenvalue weighted by Crippen LogP contribution is -2.17. The van der Waals surface area contributed by atoms with Crippen LogP contribution >= 0.6 is 24.0 Å². The molecule has 7 heteroatoms. The second-order valence-corrected chi connectivity index (χ2v) is 7.61. The molecule has 0 aliphatic carbocycles. The first kappa shape index (κ1) is 18.0. The van der Waals surface area contributed by atoms with Crippen molar-refractivity contribution < 1.29 is 9.21 Å². The first-order valence-corrected chi connectivity index (χ1v) is 9.45. The number of carbonyl (C=O) groups excluding carboxylic acids is 1. The highest BCUT2D eigenvalue weighted by Crippen LogP contribution is 2.29. The van der Waals surface area contributed by atoms with E-state index in [9.17, 15) is 4.79 Å². The number of nitrogens with one attached hydrogen (secondary N) is 1. The highest BCUT2D eigenvalue weighted by molar-refractivity contribution is 8.26. The van der Waals surface area contributed by atoms with Crippen molar-refractivity contribution in [3.8, 4) is 17.9 Å².